The highest BCUT2D eigenvalue weighted by molar-refractivity contribution is 7.89. The number of fused-ring (bicyclic) bond motifs is 1. The average molecular weight is 318 g/mol. The van der Waals surface area contributed by atoms with Crippen LogP contribution in [0, 0.1) is 18.3 Å². The zero-order chi connectivity index (χ0) is 15.7. The Labute approximate surface area is 127 Å². The number of pyridine rings is 1. The molecule has 3 rings (SSSR count). The minimum atomic E-state index is -3.72. The van der Waals surface area contributed by atoms with Crippen molar-refractivity contribution in [3.63, 3.8) is 0 Å². The summed E-state index contributed by atoms with van der Waals surface area (Å²) in [5.74, 6) is 1.26. The van der Waals surface area contributed by atoms with Crippen molar-refractivity contribution in [2.45, 2.75) is 37.2 Å². The summed E-state index contributed by atoms with van der Waals surface area (Å²) in [6.45, 7) is 2.52. The first-order valence-corrected chi connectivity index (χ1v) is 8.28. The summed E-state index contributed by atoms with van der Waals surface area (Å²) in [6.07, 6.45) is 2.68. The summed E-state index contributed by atoms with van der Waals surface area (Å²) >= 11 is 0. The van der Waals surface area contributed by atoms with E-state index in [9.17, 15) is 8.42 Å². The van der Waals surface area contributed by atoms with E-state index in [1.54, 1.807) is 11.6 Å². The van der Waals surface area contributed by atoms with E-state index in [0.29, 0.717) is 18.1 Å². The molecule has 0 saturated carbocycles. The SMILES string of the molecule is Cc1nc2n(n1)CCC[C@@H]2NS(=O)(=O)c1ccc(C#N)nc1. The van der Waals surface area contributed by atoms with E-state index in [1.807, 2.05) is 6.07 Å². The van der Waals surface area contributed by atoms with Crippen LogP contribution in [-0.4, -0.2) is 28.2 Å². The summed E-state index contributed by atoms with van der Waals surface area (Å²) < 4.78 is 29.2. The topological polar surface area (TPSA) is 114 Å². The fourth-order valence-corrected chi connectivity index (χ4v) is 3.61. The van der Waals surface area contributed by atoms with Gasteiger partial charge in [0.25, 0.3) is 0 Å². The number of nitriles is 1. The third-order valence-electron chi connectivity index (χ3n) is 3.44. The number of aromatic nitrogens is 4. The van der Waals surface area contributed by atoms with Gasteiger partial charge in [0.2, 0.25) is 10.0 Å². The molecule has 0 aromatic carbocycles. The molecule has 0 unspecified atom stereocenters. The molecule has 1 N–H and O–H groups in total. The third kappa shape index (κ3) is 2.70. The van der Waals surface area contributed by atoms with Gasteiger partial charge in [-0.3, -0.25) is 0 Å². The number of nitrogens with zero attached hydrogens (tertiary/aromatic N) is 5. The van der Waals surface area contributed by atoms with E-state index < -0.39 is 16.1 Å². The normalized spacial score (nSPS) is 17.7. The highest BCUT2D eigenvalue weighted by atomic mass is 32.2. The molecule has 22 heavy (non-hydrogen) atoms. The number of aryl methyl sites for hydroxylation is 2. The Morgan fingerprint density at radius 2 is 2.27 bits per heavy atom. The van der Waals surface area contributed by atoms with Gasteiger partial charge in [0.15, 0.2) is 0 Å². The van der Waals surface area contributed by atoms with Crippen molar-refractivity contribution in [2.75, 3.05) is 0 Å². The second-order valence-corrected chi connectivity index (χ2v) is 6.76. The lowest BCUT2D eigenvalue weighted by molar-refractivity contribution is 0.399. The number of sulfonamides is 1. The van der Waals surface area contributed by atoms with Gasteiger partial charge in [-0.05, 0) is 31.9 Å². The van der Waals surface area contributed by atoms with Crippen LogP contribution in [0.25, 0.3) is 0 Å². The van der Waals surface area contributed by atoms with Crippen molar-refractivity contribution in [3.05, 3.63) is 35.7 Å². The predicted octanol–water partition coefficient (Wildman–Crippen LogP) is 0.667. The molecule has 1 atom stereocenters. The van der Waals surface area contributed by atoms with E-state index >= 15 is 0 Å². The van der Waals surface area contributed by atoms with Gasteiger partial charge in [0, 0.05) is 12.7 Å². The van der Waals surface area contributed by atoms with Crippen LogP contribution < -0.4 is 4.72 Å². The van der Waals surface area contributed by atoms with E-state index in [0.717, 1.165) is 13.0 Å². The van der Waals surface area contributed by atoms with Crippen LogP contribution in [0.15, 0.2) is 23.2 Å². The van der Waals surface area contributed by atoms with Crippen LogP contribution in [0.3, 0.4) is 0 Å². The molecule has 8 nitrogen and oxygen atoms in total. The Kier molecular flexibility index (Phi) is 3.64. The highest BCUT2D eigenvalue weighted by Crippen LogP contribution is 2.25. The van der Waals surface area contributed by atoms with Gasteiger partial charge >= 0.3 is 0 Å². The first-order chi connectivity index (χ1) is 10.5. The predicted molar refractivity (Wildman–Crippen MR) is 76.0 cm³/mol. The van der Waals surface area contributed by atoms with Crippen LogP contribution in [0.5, 0.6) is 0 Å². The largest absolute Gasteiger partial charge is 0.248 e. The number of hydrogen-bond donors (Lipinski definition) is 1. The molecule has 3 heterocycles. The zero-order valence-corrected chi connectivity index (χ0v) is 12.7. The smallest absolute Gasteiger partial charge is 0.242 e. The summed E-state index contributed by atoms with van der Waals surface area (Å²) in [6, 6.07) is 4.19. The third-order valence-corrected chi connectivity index (χ3v) is 4.90. The molecule has 0 fully saturated rings. The molecule has 2 aromatic heterocycles. The molecule has 9 heteroatoms. The van der Waals surface area contributed by atoms with Crippen LogP contribution >= 0.6 is 0 Å². The number of rotatable bonds is 3. The minimum Gasteiger partial charge on any atom is -0.248 e. The van der Waals surface area contributed by atoms with Crippen molar-refractivity contribution in [2.24, 2.45) is 0 Å². The van der Waals surface area contributed by atoms with Gasteiger partial charge in [-0.1, -0.05) is 0 Å². The van der Waals surface area contributed by atoms with Gasteiger partial charge in [-0.15, -0.1) is 0 Å². The Morgan fingerprint density at radius 3 is 2.95 bits per heavy atom. The average Bonchev–Trinajstić information content (AvgIpc) is 2.88. The maximum Gasteiger partial charge on any atom is 0.242 e. The van der Waals surface area contributed by atoms with Crippen molar-refractivity contribution in [3.8, 4) is 6.07 Å². The molecule has 0 spiro atoms. The fraction of sp³-hybridized carbons (Fsp3) is 0.385. The van der Waals surface area contributed by atoms with Crippen molar-refractivity contribution < 1.29 is 8.42 Å². The van der Waals surface area contributed by atoms with Crippen LogP contribution in [-0.2, 0) is 16.6 Å². The van der Waals surface area contributed by atoms with Crippen molar-refractivity contribution in [1.82, 2.24) is 24.5 Å². The lowest BCUT2D eigenvalue weighted by Crippen LogP contribution is -2.33. The van der Waals surface area contributed by atoms with Crippen LogP contribution in [0.4, 0.5) is 0 Å². The van der Waals surface area contributed by atoms with E-state index in [4.69, 9.17) is 5.26 Å². The second kappa shape index (κ2) is 5.47. The Hall–Kier alpha value is -2.31. The maximum absolute atomic E-state index is 12.4. The number of hydrogen-bond acceptors (Lipinski definition) is 6. The summed E-state index contributed by atoms with van der Waals surface area (Å²) in [5, 5.41) is 13.0. The first kappa shape index (κ1) is 14.6. The summed E-state index contributed by atoms with van der Waals surface area (Å²) in [7, 11) is -3.72. The molecule has 1 aliphatic heterocycles. The zero-order valence-electron chi connectivity index (χ0n) is 11.9. The Bertz CT molecular complexity index is 834. The lowest BCUT2D eigenvalue weighted by atomic mass is 10.1. The van der Waals surface area contributed by atoms with Gasteiger partial charge in [0.05, 0.1) is 6.04 Å². The van der Waals surface area contributed by atoms with Crippen molar-refractivity contribution >= 4 is 10.0 Å². The molecule has 0 aliphatic carbocycles. The molecule has 0 bridgehead atoms. The van der Waals surface area contributed by atoms with Gasteiger partial charge in [-0.25, -0.2) is 27.8 Å². The highest BCUT2D eigenvalue weighted by Gasteiger charge is 2.28. The quantitative estimate of drug-likeness (QED) is 0.889. The van der Waals surface area contributed by atoms with E-state index in [2.05, 4.69) is 19.8 Å². The van der Waals surface area contributed by atoms with Crippen molar-refractivity contribution in [1.29, 1.82) is 5.26 Å². The Morgan fingerprint density at radius 1 is 1.45 bits per heavy atom. The maximum atomic E-state index is 12.4. The molecule has 1 aliphatic rings. The molecule has 0 amide bonds. The standard InChI is InChI=1S/C13H14N6O2S/c1-9-16-13-12(3-2-6-19(13)17-9)18-22(20,21)11-5-4-10(7-14)15-8-11/h4-5,8,12,18H,2-3,6H2,1H3/t12-/m0/s1. The monoisotopic (exact) mass is 318 g/mol. The van der Waals surface area contributed by atoms with Crippen LogP contribution in [0.1, 0.15) is 36.2 Å². The number of nitrogens with one attached hydrogen (secondary N) is 1. The molecule has 0 saturated heterocycles. The Balaban J connectivity index is 1.87. The molecular formula is C13H14N6O2S. The van der Waals surface area contributed by atoms with Gasteiger partial charge < -0.3 is 0 Å². The molecule has 2 aromatic rings. The van der Waals surface area contributed by atoms with E-state index in [1.165, 1.54) is 18.3 Å². The van der Waals surface area contributed by atoms with Crippen LogP contribution in [0.2, 0.25) is 0 Å². The second-order valence-electron chi connectivity index (χ2n) is 5.05. The summed E-state index contributed by atoms with van der Waals surface area (Å²) in [5.41, 5.74) is 0.173. The molecular weight excluding hydrogens is 304 g/mol. The van der Waals surface area contributed by atoms with Gasteiger partial charge in [0.1, 0.15) is 28.3 Å². The van der Waals surface area contributed by atoms with E-state index in [-0.39, 0.29) is 10.6 Å². The molecule has 114 valence electrons. The minimum absolute atomic E-state index is 0.0276. The van der Waals surface area contributed by atoms with Gasteiger partial charge in [-0.2, -0.15) is 10.4 Å². The molecule has 0 radical (unpaired) electrons. The summed E-state index contributed by atoms with van der Waals surface area (Å²) in [4.78, 5) is 8.12. The fourth-order valence-electron chi connectivity index (χ4n) is 2.44. The lowest BCUT2D eigenvalue weighted by Gasteiger charge is -2.22. The first-order valence-electron chi connectivity index (χ1n) is 6.79.